The fraction of sp³-hybridized carbons (Fsp3) is 0.261. The monoisotopic (exact) mass is 372 g/mol. The number of rotatable bonds is 3. The molecule has 2 aliphatic rings. The zero-order chi connectivity index (χ0) is 19.0. The van der Waals surface area contributed by atoms with Gasteiger partial charge in [-0.05, 0) is 36.1 Å². The first kappa shape index (κ1) is 16.9. The summed E-state index contributed by atoms with van der Waals surface area (Å²) in [4.78, 5) is 17.1. The van der Waals surface area contributed by atoms with Crippen LogP contribution in [0.15, 0.2) is 70.3 Å². The number of esters is 1. The average molecular weight is 372 g/mol. The van der Waals surface area contributed by atoms with Crippen LogP contribution < -0.4 is 0 Å². The molecule has 1 aliphatic carbocycles. The lowest BCUT2D eigenvalue weighted by molar-refractivity contribution is -0.140. The van der Waals surface area contributed by atoms with E-state index in [1.165, 1.54) is 6.42 Å². The molecule has 0 saturated heterocycles. The van der Waals surface area contributed by atoms with Crippen molar-refractivity contribution in [1.82, 2.24) is 5.16 Å². The van der Waals surface area contributed by atoms with Crippen LogP contribution in [0.1, 0.15) is 37.7 Å². The van der Waals surface area contributed by atoms with Gasteiger partial charge in [0, 0.05) is 17.2 Å². The summed E-state index contributed by atoms with van der Waals surface area (Å²) in [5.41, 5.74) is 3.39. The fourth-order valence-corrected chi connectivity index (χ4v) is 4.02. The minimum atomic E-state index is -0.636. The van der Waals surface area contributed by atoms with Gasteiger partial charge in [0.2, 0.25) is 5.90 Å². The van der Waals surface area contributed by atoms with Gasteiger partial charge in [0.25, 0.3) is 0 Å². The number of carbonyl (C=O) groups is 1. The Balaban J connectivity index is 1.37. The van der Waals surface area contributed by atoms with Crippen LogP contribution in [-0.2, 0) is 9.53 Å². The highest BCUT2D eigenvalue weighted by molar-refractivity contribution is 6.08. The minimum absolute atomic E-state index is 0.186. The van der Waals surface area contributed by atoms with E-state index in [1.807, 2.05) is 42.5 Å². The van der Waals surface area contributed by atoms with Crippen LogP contribution in [0.5, 0.6) is 0 Å². The van der Waals surface area contributed by atoms with Crippen LogP contribution in [0.3, 0.4) is 0 Å². The Labute approximate surface area is 163 Å². The van der Waals surface area contributed by atoms with Gasteiger partial charge in [0.1, 0.15) is 0 Å². The molecular weight excluding hydrogens is 352 g/mol. The first-order valence-electron chi connectivity index (χ1n) is 9.68. The summed E-state index contributed by atoms with van der Waals surface area (Å²) in [7, 11) is 0. The van der Waals surface area contributed by atoms with Gasteiger partial charge in [0.05, 0.1) is 6.20 Å². The highest BCUT2D eigenvalue weighted by atomic mass is 16.6. The Hall–Kier alpha value is -3.21. The quantitative estimate of drug-likeness (QED) is 0.606. The summed E-state index contributed by atoms with van der Waals surface area (Å²) in [6, 6.07) is 18.0. The van der Waals surface area contributed by atoms with E-state index in [-0.39, 0.29) is 5.97 Å². The number of cyclic esters (lactones) is 1. The van der Waals surface area contributed by atoms with E-state index < -0.39 is 5.54 Å². The van der Waals surface area contributed by atoms with Crippen molar-refractivity contribution >= 4 is 11.9 Å². The second kappa shape index (κ2) is 6.75. The van der Waals surface area contributed by atoms with Gasteiger partial charge in [-0.15, -0.1) is 0 Å². The Morgan fingerprint density at radius 3 is 1.96 bits per heavy atom. The minimum Gasteiger partial charge on any atom is -0.405 e. The molecule has 0 atom stereocenters. The number of aliphatic imine (C=N–C) groups is 1. The van der Waals surface area contributed by atoms with Gasteiger partial charge in [-0.1, -0.05) is 60.8 Å². The molecular formula is C23H20N2O3. The SMILES string of the molecule is O=C1OC(c2ccc(-c3ccc(-c4ccno4)cc3)cc2)=NC12CCCCC2. The summed E-state index contributed by atoms with van der Waals surface area (Å²) in [5.74, 6) is 1.02. The van der Waals surface area contributed by atoms with Crippen molar-refractivity contribution in [3.05, 3.63) is 66.4 Å². The standard InChI is InChI=1S/C23H20N2O3/c26-22-23(13-2-1-3-14-23)25-21(27-22)19-10-6-17(7-11-19)16-4-8-18(9-5-16)20-12-15-24-28-20/h4-12,15H,1-3,13-14H2. The maximum atomic E-state index is 12.4. The van der Waals surface area contributed by atoms with Crippen molar-refractivity contribution in [2.45, 2.75) is 37.6 Å². The number of nitrogens with zero attached hydrogens (tertiary/aromatic N) is 2. The van der Waals surface area contributed by atoms with Crippen molar-refractivity contribution in [3.63, 3.8) is 0 Å². The van der Waals surface area contributed by atoms with Crippen LogP contribution >= 0.6 is 0 Å². The van der Waals surface area contributed by atoms with Crippen LogP contribution in [0.25, 0.3) is 22.5 Å². The molecule has 0 radical (unpaired) electrons. The van der Waals surface area contributed by atoms with Crippen LogP contribution in [0.4, 0.5) is 0 Å². The van der Waals surface area contributed by atoms with Crippen molar-refractivity contribution in [2.24, 2.45) is 4.99 Å². The second-order valence-corrected chi connectivity index (χ2v) is 7.43. The van der Waals surface area contributed by atoms with E-state index in [0.717, 1.165) is 53.7 Å². The molecule has 1 aromatic heterocycles. The molecule has 1 spiro atoms. The van der Waals surface area contributed by atoms with Crippen molar-refractivity contribution < 1.29 is 14.1 Å². The van der Waals surface area contributed by atoms with Crippen molar-refractivity contribution in [1.29, 1.82) is 0 Å². The Morgan fingerprint density at radius 1 is 0.750 bits per heavy atom. The highest BCUT2D eigenvalue weighted by Gasteiger charge is 2.46. The average Bonchev–Trinajstić information content (AvgIpc) is 3.38. The molecule has 1 fully saturated rings. The third kappa shape index (κ3) is 2.93. The van der Waals surface area contributed by atoms with E-state index in [1.54, 1.807) is 6.20 Å². The number of hydrogen-bond acceptors (Lipinski definition) is 5. The molecule has 5 rings (SSSR count). The van der Waals surface area contributed by atoms with Crippen molar-refractivity contribution in [2.75, 3.05) is 0 Å². The topological polar surface area (TPSA) is 64.7 Å². The summed E-state index contributed by atoms with van der Waals surface area (Å²) in [6.07, 6.45) is 6.47. The lowest BCUT2D eigenvalue weighted by atomic mass is 9.83. The Bertz CT molecular complexity index is 1010. The maximum absolute atomic E-state index is 12.4. The smallest absolute Gasteiger partial charge is 0.340 e. The molecule has 28 heavy (non-hydrogen) atoms. The highest BCUT2D eigenvalue weighted by Crippen LogP contribution is 2.37. The van der Waals surface area contributed by atoms with Crippen LogP contribution in [0.2, 0.25) is 0 Å². The zero-order valence-electron chi connectivity index (χ0n) is 15.4. The largest absolute Gasteiger partial charge is 0.405 e. The van der Waals surface area contributed by atoms with Crippen LogP contribution in [0, 0.1) is 0 Å². The third-order valence-electron chi connectivity index (χ3n) is 5.64. The first-order chi connectivity index (χ1) is 13.7. The number of benzene rings is 2. The molecule has 0 N–H and O–H groups in total. The lowest BCUT2D eigenvalue weighted by Gasteiger charge is -2.25. The normalized spacial score (nSPS) is 18.1. The Kier molecular flexibility index (Phi) is 4.08. The summed E-state index contributed by atoms with van der Waals surface area (Å²) in [5, 5.41) is 3.74. The molecule has 1 aliphatic heterocycles. The molecule has 140 valence electrons. The molecule has 2 aromatic carbocycles. The number of hydrogen-bond donors (Lipinski definition) is 0. The maximum Gasteiger partial charge on any atom is 0.340 e. The van der Waals surface area contributed by atoms with E-state index in [4.69, 9.17) is 14.3 Å². The number of aromatic nitrogens is 1. The molecule has 5 nitrogen and oxygen atoms in total. The van der Waals surface area contributed by atoms with Gasteiger partial charge >= 0.3 is 5.97 Å². The van der Waals surface area contributed by atoms with Gasteiger partial charge in [-0.25, -0.2) is 9.79 Å². The molecule has 2 heterocycles. The predicted molar refractivity (Wildman–Crippen MR) is 106 cm³/mol. The fourth-order valence-electron chi connectivity index (χ4n) is 4.02. The first-order valence-corrected chi connectivity index (χ1v) is 9.68. The molecule has 0 unspecified atom stereocenters. The molecule has 1 saturated carbocycles. The van der Waals surface area contributed by atoms with Gasteiger partial charge < -0.3 is 9.26 Å². The Morgan fingerprint density at radius 2 is 1.36 bits per heavy atom. The summed E-state index contributed by atoms with van der Waals surface area (Å²) >= 11 is 0. The van der Waals surface area contributed by atoms with Crippen molar-refractivity contribution in [3.8, 4) is 22.5 Å². The molecule has 0 amide bonds. The predicted octanol–water partition coefficient (Wildman–Crippen LogP) is 5.01. The van der Waals surface area contributed by atoms with E-state index in [0.29, 0.717) is 5.90 Å². The second-order valence-electron chi connectivity index (χ2n) is 7.43. The van der Waals surface area contributed by atoms with Gasteiger partial charge in [0.15, 0.2) is 11.3 Å². The van der Waals surface area contributed by atoms with E-state index in [2.05, 4.69) is 17.3 Å². The molecule has 0 bridgehead atoms. The number of carbonyl (C=O) groups excluding carboxylic acids is 1. The number of ether oxygens (including phenoxy) is 1. The summed E-state index contributed by atoms with van der Waals surface area (Å²) in [6.45, 7) is 0. The summed E-state index contributed by atoms with van der Waals surface area (Å²) < 4.78 is 10.7. The molecule has 3 aromatic rings. The molecule has 5 heteroatoms. The van der Waals surface area contributed by atoms with E-state index in [9.17, 15) is 4.79 Å². The van der Waals surface area contributed by atoms with Gasteiger partial charge in [-0.3, -0.25) is 0 Å². The van der Waals surface area contributed by atoms with E-state index >= 15 is 0 Å². The lowest BCUT2D eigenvalue weighted by Crippen LogP contribution is -2.35. The van der Waals surface area contributed by atoms with Gasteiger partial charge in [-0.2, -0.15) is 0 Å². The third-order valence-corrected chi connectivity index (χ3v) is 5.64. The van der Waals surface area contributed by atoms with Crippen LogP contribution in [-0.4, -0.2) is 22.6 Å². The zero-order valence-corrected chi connectivity index (χ0v) is 15.4.